The van der Waals surface area contributed by atoms with Crippen LogP contribution < -0.4 is 5.73 Å². The van der Waals surface area contributed by atoms with Gasteiger partial charge in [0.1, 0.15) is 23.7 Å². The van der Waals surface area contributed by atoms with Crippen LogP contribution in [0.3, 0.4) is 0 Å². The van der Waals surface area contributed by atoms with Crippen LogP contribution in [0.4, 0.5) is 10.1 Å². The largest absolute Gasteiger partial charge is 0.505 e. The number of benzene rings is 1. The maximum atomic E-state index is 13.8. The second-order valence-corrected chi connectivity index (χ2v) is 3.79. The Bertz CT molecular complexity index is 472. The Labute approximate surface area is 105 Å². The number of phenols is 1. The number of carbonyl (C=O) groups is 1. The van der Waals surface area contributed by atoms with E-state index in [4.69, 9.17) is 10.5 Å². The highest BCUT2D eigenvalue weighted by atomic mass is 19.1. The molecular formula is C13H16FNO3. The monoisotopic (exact) mass is 253 g/mol. The van der Waals surface area contributed by atoms with Gasteiger partial charge in [-0.05, 0) is 18.1 Å². The summed E-state index contributed by atoms with van der Waals surface area (Å²) in [5, 5.41) is 9.79. The Kier molecular flexibility index (Phi) is 4.71. The molecule has 0 amide bonds. The molecule has 18 heavy (non-hydrogen) atoms. The number of hydrogen-bond acceptors (Lipinski definition) is 4. The molecule has 0 aliphatic heterocycles. The number of hydrogen-bond donors (Lipinski definition) is 2. The Morgan fingerprint density at radius 3 is 2.89 bits per heavy atom. The fourth-order valence-corrected chi connectivity index (χ4v) is 1.59. The summed E-state index contributed by atoms with van der Waals surface area (Å²) in [6.45, 7) is 5.22. The van der Waals surface area contributed by atoms with Crippen LogP contribution in [-0.2, 0) is 11.2 Å². The van der Waals surface area contributed by atoms with Gasteiger partial charge in [-0.2, -0.15) is 0 Å². The molecule has 98 valence electrons. The molecule has 0 heterocycles. The second kappa shape index (κ2) is 6.05. The van der Waals surface area contributed by atoms with Crippen molar-refractivity contribution in [1.82, 2.24) is 0 Å². The van der Waals surface area contributed by atoms with E-state index in [0.717, 1.165) is 12.5 Å². The van der Waals surface area contributed by atoms with Crippen molar-refractivity contribution in [2.75, 3.05) is 12.3 Å². The van der Waals surface area contributed by atoms with E-state index in [1.807, 2.05) is 6.92 Å². The van der Waals surface area contributed by atoms with Crippen LogP contribution >= 0.6 is 0 Å². The van der Waals surface area contributed by atoms with Crippen LogP contribution in [0.25, 0.3) is 0 Å². The van der Waals surface area contributed by atoms with Gasteiger partial charge in [-0.15, -0.1) is 0 Å². The number of aryl methyl sites for hydroxylation is 1. The lowest BCUT2D eigenvalue weighted by molar-refractivity contribution is 0.0545. The van der Waals surface area contributed by atoms with E-state index in [-0.39, 0.29) is 18.0 Å². The van der Waals surface area contributed by atoms with E-state index in [9.17, 15) is 14.3 Å². The predicted octanol–water partition coefficient (Wildman–Crippen LogP) is 2.41. The summed E-state index contributed by atoms with van der Waals surface area (Å²) in [6, 6.07) is 1.11. The molecule has 0 atom stereocenters. The average molecular weight is 253 g/mol. The molecule has 0 aliphatic carbocycles. The molecule has 0 saturated heterocycles. The Morgan fingerprint density at radius 1 is 1.67 bits per heavy atom. The van der Waals surface area contributed by atoms with Crippen LogP contribution in [-0.4, -0.2) is 17.7 Å². The lowest BCUT2D eigenvalue weighted by Crippen LogP contribution is -2.12. The van der Waals surface area contributed by atoms with Crippen molar-refractivity contribution in [3.8, 4) is 5.75 Å². The Balaban J connectivity index is 3.17. The van der Waals surface area contributed by atoms with Gasteiger partial charge in [0.05, 0.1) is 5.69 Å². The molecule has 1 aromatic rings. The summed E-state index contributed by atoms with van der Waals surface area (Å²) in [6.07, 6.45) is 2.57. The topological polar surface area (TPSA) is 72.5 Å². The summed E-state index contributed by atoms with van der Waals surface area (Å²) in [5.41, 5.74) is 5.23. The summed E-state index contributed by atoms with van der Waals surface area (Å²) < 4.78 is 18.5. The molecule has 3 N–H and O–H groups in total. The van der Waals surface area contributed by atoms with Crippen molar-refractivity contribution in [1.29, 1.82) is 0 Å². The van der Waals surface area contributed by atoms with Crippen LogP contribution in [0.1, 0.15) is 29.3 Å². The molecule has 0 fully saturated rings. The van der Waals surface area contributed by atoms with Crippen LogP contribution in [0.5, 0.6) is 5.75 Å². The highest BCUT2D eigenvalue weighted by molar-refractivity contribution is 5.97. The van der Waals surface area contributed by atoms with Crippen molar-refractivity contribution in [2.45, 2.75) is 19.8 Å². The van der Waals surface area contributed by atoms with Crippen molar-refractivity contribution in [3.05, 3.63) is 35.7 Å². The van der Waals surface area contributed by atoms with Crippen molar-refractivity contribution in [2.24, 2.45) is 0 Å². The van der Waals surface area contributed by atoms with E-state index in [0.29, 0.717) is 12.0 Å². The third kappa shape index (κ3) is 2.80. The van der Waals surface area contributed by atoms with Crippen molar-refractivity contribution in [3.63, 3.8) is 0 Å². The summed E-state index contributed by atoms with van der Waals surface area (Å²) in [4.78, 5) is 11.6. The molecule has 4 nitrogen and oxygen atoms in total. The first kappa shape index (κ1) is 14.0. The van der Waals surface area contributed by atoms with Gasteiger partial charge in [0.2, 0.25) is 0 Å². The second-order valence-electron chi connectivity index (χ2n) is 3.79. The zero-order valence-electron chi connectivity index (χ0n) is 10.2. The molecule has 5 heteroatoms. The molecule has 0 radical (unpaired) electrons. The van der Waals surface area contributed by atoms with E-state index in [1.165, 1.54) is 6.08 Å². The highest BCUT2D eigenvalue weighted by Crippen LogP contribution is 2.32. The number of anilines is 1. The predicted molar refractivity (Wildman–Crippen MR) is 67.0 cm³/mol. The summed E-state index contributed by atoms with van der Waals surface area (Å²) in [7, 11) is 0. The summed E-state index contributed by atoms with van der Waals surface area (Å²) in [5.74, 6) is -1.96. The van der Waals surface area contributed by atoms with Gasteiger partial charge in [-0.1, -0.05) is 26.0 Å². The SMILES string of the molecule is C=CCOC(=O)c1c(F)cc(CCC)c(O)c1N. The minimum Gasteiger partial charge on any atom is -0.505 e. The molecular weight excluding hydrogens is 237 g/mol. The van der Waals surface area contributed by atoms with Gasteiger partial charge in [0.25, 0.3) is 0 Å². The highest BCUT2D eigenvalue weighted by Gasteiger charge is 2.22. The minimum atomic E-state index is -0.914. The van der Waals surface area contributed by atoms with Gasteiger partial charge in [-0.3, -0.25) is 0 Å². The third-order valence-corrected chi connectivity index (χ3v) is 2.42. The lowest BCUT2D eigenvalue weighted by atomic mass is 10.0. The number of rotatable bonds is 5. The first-order chi connectivity index (χ1) is 8.52. The van der Waals surface area contributed by atoms with Gasteiger partial charge in [-0.25, -0.2) is 9.18 Å². The first-order valence-electron chi connectivity index (χ1n) is 5.60. The summed E-state index contributed by atoms with van der Waals surface area (Å²) >= 11 is 0. The minimum absolute atomic E-state index is 0.0464. The number of nitrogen functional groups attached to an aromatic ring is 1. The molecule has 1 rings (SSSR count). The number of esters is 1. The average Bonchev–Trinajstić information content (AvgIpc) is 2.33. The van der Waals surface area contributed by atoms with Crippen LogP contribution in [0.15, 0.2) is 18.7 Å². The zero-order chi connectivity index (χ0) is 13.7. The van der Waals surface area contributed by atoms with Crippen molar-refractivity contribution >= 4 is 11.7 Å². The Morgan fingerprint density at radius 2 is 2.33 bits per heavy atom. The quantitative estimate of drug-likeness (QED) is 0.366. The number of ether oxygens (including phenoxy) is 1. The van der Waals surface area contributed by atoms with Gasteiger partial charge in [0, 0.05) is 0 Å². The van der Waals surface area contributed by atoms with E-state index in [1.54, 1.807) is 0 Å². The number of carbonyl (C=O) groups excluding carboxylic acids is 1. The zero-order valence-corrected chi connectivity index (χ0v) is 10.2. The maximum absolute atomic E-state index is 13.8. The van der Waals surface area contributed by atoms with Crippen molar-refractivity contribution < 1.29 is 19.0 Å². The maximum Gasteiger partial charge on any atom is 0.343 e. The molecule has 0 spiro atoms. The number of nitrogens with two attached hydrogens (primary N) is 1. The number of halogens is 1. The molecule has 0 bridgehead atoms. The van der Waals surface area contributed by atoms with Crippen LogP contribution in [0.2, 0.25) is 0 Å². The molecule has 0 aliphatic rings. The van der Waals surface area contributed by atoms with Gasteiger partial charge < -0.3 is 15.6 Å². The Hall–Kier alpha value is -2.04. The van der Waals surface area contributed by atoms with Gasteiger partial charge in [0.15, 0.2) is 0 Å². The first-order valence-corrected chi connectivity index (χ1v) is 5.60. The standard InChI is InChI=1S/C13H16FNO3/c1-3-5-8-7-9(14)10(11(15)12(8)16)13(17)18-6-4-2/h4,7,16H,2-3,5-6,15H2,1H3. The molecule has 0 aromatic heterocycles. The molecule has 0 saturated carbocycles. The van der Waals surface area contributed by atoms with Crippen LogP contribution in [0, 0.1) is 5.82 Å². The molecule has 0 unspecified atom stereocenters. The van der Waals surface area contributed by atoms with Gasteiger partial charge >= 0.3 is 5.97 Å². The third-order valence-electron chi connectivity index (χ3n) is 2.42. The van der Waals surface area contributed by atoms with E-state index >= 15 is 0 Å². The smallest absolute Gasteiger partial charge is 0.343 e. The number of phenolic OH excluding ortho intramolecular Hbond substituents is 1. The fourth-order valence-electron chi connectivity index (χ4n) is 1.59. The fraction of sp³-hybridized carbons (Fsp3) is 0.308. The number of aromatic hydroxyl groups is 1. The van der Waals surface area contributed by atoms with E-state index < -0.39 is 17.3 Å². The molecule has 1 aromatic carbocycles. The lowest BCUT2D eigenvalue weighted by Gasteiger charge is -2.11. The van der Waals surface area contributed by atoms with E-state index in [2.05, 4.69) is 6.58 Å². The normalized spacial score (nSPS) is 10.1.